The Hall–Kier alpha value is -1.03. The van der Waals surface area contributed by atoms with Gasteiger partial charge in [0.1, 0.15) is 5.82 Å². The van der Waals surface area contributed by atoms with E-state index < -0.39 is 17.8 Å². The third kappa shape index (κ3) is 2.07. The molecule has 1 nitrogen and oxygen atoms in total. The van der Waals surface area contributed by atoms with Crippen LogP contribution in [0.25, 0.3) is 0 Å². The SMILES string of the molecule is CC(CN)c1cccc(F)c1C(F)F. The Kier molecular flexibility index (Phi) is 3.52. The largest absolute Gasteiger partial charge is 0.330 e. The minimum Gasteiger partial charge on any atom is -0.330 e. The van der Waals surface area contributed by atoms with Crippen LogP contribution in [0, 0.1) is 5.82 Å². The lowest BCUT2D eigenvalue weighted by molar-refractivity contribution is 0.144. The van der Waals surface area contributed by atoms with E-state index in [1.807, 2.05) is 0 Å². The van der Waals surface area contributed by atoms with E-state index in [0.717, 1.165) is 6.07 Å². The summed E-state index contributed by atoms with van der Waals surface area (Å²) >= 11 is 0. The second-order valence-corrected chi connectivity index (χ2v) is 3.18. The van der Waals surface area contributed by atoms with E-state index >= 15 is 0 Å². The third-order valence-electron chi connectivity index (χ3n) is 2.19. The molecule has 1 rings (SSSR count). The number of hydrogen-bond acceptors (Lipinski definition) is 1. The maximum Gasteiger partial charge on any atom is 0.266 e. The van der Waals surface area contributed by atoms with Crippen LogP contribution in [0.1, 0.15) is 30.4 Å². The van der Waals surface area contributed by atoms with Gasteiger partial charge in [0, 0.05) is 0 Å². The molecule has 0 saturated heterocycles. The number of hydrogen-bond donors (Lipinski definition) is 1. The standard InChI is InChI=1S/C10H12F3N/c1-6(5-14)7-3-2-4-8(11)9(7)10(12)13/h2-4,6,10H,5,14H2,1H3. The summed E-state index contributed by atoms with van der Waals surface area (Å²) in [5.41, 5.74) is 5.13. The molecule has 0 aliphatic heterocycles. The van der Waals surface area contributed by atoms with Gasteiger partial charge in [-0.25, -0.2) is 13.2 Å². The first-order valence-electron chi connectivity index (χ1n) is 4.34. The fourth-order valence-electron chi connectivity index (χ4n) is 1.34. The van der Waals surface area contributed by atoms with Crippen LogP contribution >= 0.6 is 0 Å². The molecule has 0 aromatic heterocycles. The molecule has 14 heavy (non-hydrogen) atoms. The molecule has 0 aliphatic carbocycles. The molecule has 4 heteroatoms. The van der Waals surface area contributed by atoms with Crippen LogP contribution in [-0.4, -0.2) is 6.54 Å². The summed E-state index contributed by atoms with van der Waals surface area (Å²) in [5, 5.41) is 0. The molecule has 0 radical (unpaired) electrons. The fraction of sp³-hybridized carbons (Fsp3) is 0.400. The smallest absolute Gasteiger partial charge is 0.266 e. The molecule has 0 bridgehead atoms. The highest BCUT2D eigenvalue weighted by molar-refractivity contribution is 5.32. The summed E-state index contributed by atoms with van der Waals surface area (Å²) < 4.78 is 38.1. The first-order chi connectivity index (χ1) is 6.57. The maximum absolute atomic E-state index is 13.1. The van der Waals surface area contributed by atoms with Crippen LogP contribution < -0.4 is 5.73 Å². The van der Waals surface area contributed by atoms with Crippen LogP contribution in [0.2, 0.25) is 0 Å². The Morgan fingerprint density at radius 3 is 2.50 bits per heavy atom. The first kappa shape index (κ1) is 11.0. The Balaban J connectivity index is 3.21. The Morgan fingerprint density at radius 1 is 1.36 bits per heavy atom. The van der Waals surface area contributed by atoms with Crippen LogP contribution in [0.4, 0.5) is 13.2 Å². The number of benzene rings is 1. The van der Waals surface area contributed by atoms with Crippen molar-refractivity contribution in [3.8, 4) is 0 Å². The zero-order chi connectivity index (χ0) is 10.7. The first-order valence-corrected chi connectivity index (χ1v) is 4.34. The van der Waals surface area contributed by atoms with E-state index in [2.05, 4.69) is 0 Å². The van der Waals surface area contributed by atoms with Crippen molar-refractivity contribution in [1.82, 2.24) is 0 Å². The molecular formula is C10H12F3N. The van der Waals surface area contributed by atoms with E-state index in [1.54, 1.807) is 6.92 Å². The molecule has 0 fully saturated rings. The van der Waals surface area contributed by atoms with Gasteiger partial charge in [0.05, 0.1) is 5.56 Å². The molecule has 1 aromatic rings. The summed E-state index contributed by atoms with van der Waals surface area (Å²) in [7, 11) is 0. The van der Waals surface area contributed by atoms with Gasteiger partial charge >= 0.3 is 0 Å². The fourth-order valence-corrected chi connectivity index (χ4v) is 1.34. The third-order valence-corrected chi connectivity index (χ3v) is 2.19. The van der Waals surface area contributed by atoms with Crippen molar-refractivity contribution in [1.29, 1.82) is 0 Å². The lowest BCUT2D eigenvalue weighted by atomic mass is 9.95. The van der Waals surface area contributed by atoms with Gasteiger partial charge in [-0.1, -0.05) is 19.1 Å². The summed E-state index contributed by atoms with van der Waals surface area (Å²) in [6, 6.07) is 3.94. The zero-order valence-corrected chi connectivity index (χ0v) is 7.81. The lowest BCUT2D eigenvalue weighted by Crippen LogP contribution is -2.12. The maximum atomic E-state index is 13.1. The Morgan fingerprint density at radius 2 is 2.00 bits per heavy atom. The quantitative estimate of drug-likeness (QED) is 0.803. The number of nitrogens with two attached hydrogens (primary N) is 1. The predicted octanol–water partition coefficient (Wildman–Crippen LogP) is 2.83. The van der Waals surface area contributed by atoms with Crippen molar-refractivity contribution >= 4 is 0 Å². The summed E-state index contributed by atoms with van der Waals surface area (Å²) in [6.45, 7) is 1.92. The van der Waals surface area contributed by atoms with Crippen molar-refractivity contribution in [3.05, 3.63) is 35.1 Å². The minimum absolute atomic E-state index is 0.225. The summed E-state index contributed by atoms with van der Waals surface area (Å²) in [4.78, 5) is 0. The molecule has 0 spiro atoms. The van der Waals surface area contributed by atoms with Crippen LogP contribution in [0.5, 0.6) is 0 Å². The molecule has 78 valence electrons. The van der Waals surface area contributed by atoms with E-state index in [-0.39, 0.29) is 12.5 Å². The normalized spacial score (nSPS) is 13.3. The highest BCUT2D eigenvalue weighted by atomic mass is 19.3. The molecule has 0 amide bonds. The van der Waals surface area contributed by atoms with Crippen molar-refractivity contribution < 1.29 is 13.2 Å². The highest BCUT2D eigenvalue weighted by Gasteiger charge is 2.20. The van der Waals surface area contributed by atoms with Gasteiger partial charge in [0.2, 0.25) is 0 Å². The topological polar surface area (TPSA) is 26.0 Å². The minimum atomic E-state index is -2.79. The van der Waals surface area contributed by atoms with Gasteiger partial charge in [-0.15, -0.1) is 0 Å². The molecule has 1 aromatic carbocycles. The van der Waals surface area contributed by atoms with Crippen molar-refractivity contribution in [2.75, 3.05) is 6.54 Å². The van der Waals surface area contributed by atoms with Crippen molar-refractivity contribution in [2.45, 2.75) is 19.3 Å². The predicted molar refractivity (Wildman–Crippen MR) is 48.8 cm³/mol. The monoisotopic (exact) mass is 203 g/mol. The van der Waals surface area contributed by atoms with Gasteiger partial charge in [-0.3, -0.25) is 0 Å². The summed E-state index contributed by atoms with van der Waals surface area (Å²) in [6.07, 6.45) is -2.79. The van der Waals surface area contributed by atoms with Gasteiger partial charge in [-0.2, -0.15) is 0 Å². The average Bonchev–Trinajstić information content (AvgIpc) is 2.15. The van der Waals surface area contributed by atoms with Crippen molar-refractivity contribution in [3.63, 3.8) is 0 Å². The second-order valence-electron chi connectivity index (χ2n) is 3.18. The Labute approximate surface area is 80.7 Å². The van der Waals surface area contributed by atoms with Crippen LogP contribution in [0.15, 0.2) is 18.2 Å². The van der Waals surface area contributed by atoms with Crippen molar-refractivity contribution in [2.24, 2.45) is 5.73 Å². The number of halogens is 3. The molecule has 0 heterocycles. The van der Waals surface area contributed by atoms with E-state index in [9.17, 15) is 13.2 Å². The molecular weight excluding hydrogens is 191 g/mol. The second kappa shape index (κ2) is 4.46. The van der Waals surface area contributed by atoms with Gasteiger partial charge in [0.25, 0.3) is 6.43 Å². The van der Waals surface area contributed by atoms with Crippen LogP contribution in [0.3, 0.4) is 0 Å². The van der Waals surface area contributed by atoms with Crippen LogP contribution in [-0.2, 0) is 0 Å². The zero-order valence-electron chi connectivity index (χ0n) is 7.81. The average molecular weight is 203 g/mol. The van der Waals surface area contributed by atoms with Gasteiger partial charge in [0.15, 0.2) is 0 Å². The van der Waals surface area contributed by atoms with E-state index in [4.69, 9.17) is 5.73 Å². The number of rotatable bonds is 3. The highest BCUT2D eigenvalue weighted by Crippen LogP contribution is 2.30. The molecule has 2 N–H and O–H groups in total. The molecule has 0 saturated carbocycles. The van der Waals surface area contributed by atoms with E-state index in [1.165, 1.54) is 12.1 Å². The van der Waals surface area contributed by atoms with Gasteiger partial charge < -0.3 is 5.73 Å². The number of alkyl halides is 2. The van der Waals surface area contributed by atoms with E-state index in [0.29, 0.717) is 5.56 Å². The van der Waals surface area contributed by atoms with Gasteiger partial charge in [-0.05, 0) is 24.1 Å². The molecule has 1 unspecified atom stereocenters. The summed E-state index contributed by atoms with van der Waals surface area (Å²) in [5.74, 6) is -1.12. The lowest BCUT2D eigenvalue weighted by Gasteiger charge is -2.14. The molecule has 0 aliphatic rings. The molecule has 1 atom stereocenters. The Bertz CT molecular complexity index is 312.